The second-order valence-electron chi connectivity index (χ2n) is 1.97. The number of hydrogen-bond acceptors (Lipinski definition) is 1. The van der Waals surface area contributed by atoms with E-state index >= 15 is 0 Å². The summed E-state index contributed by atoms with van der Waals surface area (Å²) in [6.07, 6.45) is 0. The maximum absolute atomic E-state index is 4.19. The molecule has 1 rings (SSSR count). The minimum absolute atomic E-state index is 0. The van der Waals surface area contributed by atoms with Gasteiger partial charge >= 0.3 is 41.3 Å². The molecule has 1 heterocycles. The van der Waals surface area contributed by atoms with Gasteiger partial charge in [0.2, 0.25) is 0 Å². The molecule has 0 aromatic heterocycles. The minimum Gasteiger partial charge on any atom is -0.660 e. The van der Waals surface area contributed by atoms with Crippen LogP contribution in [0.4, 0.5) is 0 Å². The molecule has 0 aromatic rings. The third kappa shape index (κ3) is 3.34. The molecule has 0 radical (unpaired) electrons. The molecule has 2 nitrogen and oxygen atoms in total. The number of piperazine rings is 1. The predicted molar refractivity (Wildman–Crippen MR) is 30.6 cm³/mol. The molecule has 1 aliphatic heterocycles. The number of nitrogens with zero attached hydrogens (tertiary/aromatic N) is 2. The Hall–Kier alpha value is 1.28. The summed E-state index contributed by atoms with van der Waals surface area (Å²) in [4.78, 5) is 2.30. The minimum atomic E-state index is 0. The fraction of sp³-hybridized carbons (Fsp3) is 1.00. The van der Waals surface area contributed by atoms with Gasteiger partial charge in [-0.2, -0.15) is 0 Å². The van der Waals surface area contributed by atoms with Crippen LogP contribution in [0.3, 0.4) is 0 Å². The summed E-state index contributed by atoms with van der Waals surface area (Å²) in [5.74, 6) is 0. The van der Waals surface area contributed by atoms with E-state index in [0.29, 0.717) is 0 Å². The Morgan fingerprint density at radius 3 is 2.00 bits per heavy atom. The average Bonchev–Trinajstić information content (AvgIpc) is 1.69. The van der Waals surface area contributed by atoms with E-state index in [1.54, 1.807) is 0 Å². The Balaban J connectivity index is 0.000000490. The van der Waals surface area contributed by atoms with Crippen LogP contribution in [0.25, 0.3) is 5.32 Å². The van der Waals surface area contributed by atoms with Gasteiger partial charge in [-0.3, -0.25) is 0 Å². The van der Waals surface area contributed by atoms with E-state index in [1.165, 1.54) is 0 Å². The standard InChI is InChI=1S/C5H11N2.Pr/c1-7-4-2-6-3-5-7;/h2-5H2,1H3;/q-1;+3. The zero-order chi connectivity index (χ0) is 5.11. The van der Waals surface area contributed by atoms with Gasteiger partial charge in [-0.25, -0.2) is 0 Å². The molecule has 0 N–H and O–H groups in total. The molecule has 0 unspecified atom stereocenters. The Bertz CT molecular complexity index is 52.4. The van der Waals surface area contributed by atoms with Gasteiger partial charge in [0.15, 0.2) is 0 Å². The van der Waals surface area contributed by atoms with E-state index in [1.807, 2.05) is 0 Å². The summed E-state index contributed by atoms with van der Waals surface area (Å²) in [5.41, 5.74) is 0. The summed E-state index contributed by atoms with van der Waals surface area (Å²) < 4.78 is 0. The van der Waals surface area contributed by atoms with E-state index in [2.05, 4.69) is 17.3 Å². The second kappa shape index (κ2) is 5.10. The molecule has 0 amide bonds. The topological polar surface area (TPSA) is 17.3 Å². The molecular formula is C5H11N2Pr+2. The third-order valence-electron chi connectivity index (χ3n) is 1.28. The van der Waals surface area contributed by atoms with Crippen molar-refractivity contribution in [3.05, 3.63) is 5.32 Å². The van der Waals surface area contributed by atoms with Crippen LogP contribution < -0.4 is 0 Å². The first-order valence-electron chi connectivity index (χ1n) is 2.71. The fourth-order valence-electron chi connectivity index (χ4n) is 0.706. The summed E-state index contributed by atoms with van der Waals surface area (Å²) in [6.45, 7) is 4.38. The Morgan fingerprint density at radius 1 is 1.25 bits per heavy atom. The Labute approximate surface area is 84.0 Å². The molecule has 0 aromatic carbocycles. The van der Waals surface area contributed by atoms with Gasteiger partial charge in [-0.1, -0.05) is 0 Å². The van der Waals surface area contributed by atoms with Crippen LogP contribution in [0, 0.1) is 41.3 Å². The number of likely N-dealkylation sites (N-methyl/N-ethyl adjacent to an activating group) is 1. The molecule has 0 aliphatic carbocycles. The van der Waals surface area contributed by atoms with E-state index < -0.39 is 0 Å². The molecule has 1 aliphatic rings. The summed E-state index contributed by atoms with van der Waals surface area (Å²) >= 11 is 0. The molecule has 0 spiro atoms. The monoisotopic (exact) mass is 240 g/mol. The van der Waals surface area contributed by atoms with Crippen LogP contribution in [0.15, 0.2) is 0 Å². The zero-order valence-corrected chi connectivity index (χ0v) is 9.00. The van der Waals surface area contributed by atoms with Crippen molar-refractivity contribution in [1.82, 2.24) is 4.90 Å². The maximum Gasteiger partial charge on any atom is 3.00 e. The van der Waals surface area contributed by atoms with Gasteiger partial charge in [0.1, 0.15) is 0 Å². The average molecular weight is 240 g/mol. The van der Waals surface area contributed by atoms with Crippen molar-refractivity contribution < 1.29 is 41.3 Å². The van der Waals surface area contributed by atoms with Gasteiger partial charge in [0.05, 0.1) is 0 Å². The van der Waals surface area contributed by atoms with Crippen molar-refractivity contribution in [2.24, 2.45) is 0 Å². The molecular weight excluding hydrogens is 229 g/mol. The Kier molecular flexibility index (Phi) is 5.92. The SMILES string of the molecule is CN1CC[N-]CC1.[Pr+3]. The maximum atomic E-state index is 4.19. The predicted octanol–water partition coefficient (Wildman–Crippen LogP) is 0.305. The molecule has 0 bridgehead atoms. The van der Waals surface area contributed by atoms with Gasteiger partial charge in [-0.15, -0.1) is 13.1 Å². The smallest absolute Gasteiger partial charge is 0.660 e. The van der Waals surface area contributed by atoms with Crippen LogP contribution >= 0.6 is 0 Å². The summed E-state index contributed by atoms with van der Waals surface area (Å²) in [6, 6.07) is 0. The first-order chi connectivity index (χ1) is 3.39. The van der Waals surface area contributed by atoms with Gasteiger partial charge < -0.3 is 10.2 Å². The van der Waals surface area contributed by atoms with Gasteiger partial charge in [0.25, 0.3) is 0 Å². The summed E-state index contributed by atoms with van der Waals surface area (Å²) in [7, 11) is 2.13. The van der Waals surface area contributed by atoms with Crippen molar-refractivity contribution in [3.63, 3.8) is 0 Å². The first-order valence-corrected chi connectivity index (χ1v) is 2.71. The van der Waals surface area contributed by atoms with Crippen molar-refractivity contribution in [1.29, 1.82) is 0 Å². The van der Waals surface area contributed by atoms with Crippen LogP contribution in [-0.2, 0) is 0 Å². The van der Waals surface area contributed by atoms with Crippen LogP contribution in [-0.4, -0.2) is 38.1 Å². The van der Waals surface area contributed by atoms with Crippen LogP contribution in [0.1, 0.15) is 0 Å². The summed E-state index contributed by atoms with van der Waals surface area (Å²) in [5, 5.41) is 4.19. The van der Waals surface area contributed by atoms with Crippen molar-refractivity contribution in [2.45, 2.75) is 0 Å². The molecule has 1 fully saturated rings. The third-order valence-corrected chi connectivity index (χ3v) is 1.28. The van der Waals surface area contributed by atoms with E-state index in [4.69, 9.17) is 0 Å². The number of hydrogen-bond donors (Lipinski definition) is 0. The molecule has 3 heteroatoms. The molecule has 1 saturated heterocycles. The fourth-order valence-corrected chi connectivity index (χ4v) is 0.706. The normalized spacial score (nSPS) is 22.1. The van der Waals surface area contributed by atoms with Crippen LogP contribution in [0.2, 0.25) is 0 Å². The van der Waals surface area contributed by atoms with Gasteiger partial charge in [-0.05, 0) is 20.1 Å². The first kappa shape index (κ1) is 9.28. The van der Waals surface area contributed by atoms with Gasteiger partial charge in [0, 0.05) is 0 Å². The van der Waals surface area contributed by atoms with Crippen molar-refractivity contribution >= 4 is 0 Å². The second-order valence-corrected chi connectivity index (χ2v) is 1.97. The molecule has 42 valence electrons. The quantitative estimate of drug-likeness (QED) is 0.595. The largest absolute Gasteiger partial charge is 3.00 e. The number of rotatable bonds is 0. The molecule has 0 saturated carbocycles. The van der Waals surface area contributed by atoms with Crippen molar-refractivity contribution in [2.75, 3.05) is 33.2 Å². The van der Waals surface area contributed by atoms with E-state index in [0.717, 1.165) is 26.2 Å². The molecule has 0 atom stereocenters. The zero-order valence-electron chi connectivity index (χ0n) is 5.30. The van der Waals surface area contributed by atoms with E-state index in [9.17, 15) is 0 Å². The van der Waals surface area contributed by atoms with Crippen LogP contribution in [0.5, 0.6) is 0 Å². The van der Waals surface area contributed by atoms with E-state index in [-0.39, 0.29) is 41.3 Å². The van der Waals surface area contributed by atoms with Crippen molar-refractivity contribution in [3.8, 4) is 0 Å². The Morgan fingerprint density at radius 2 is 1.75 bits per heavy atom. The molecule has 8 heavy (non-hydrogen) atoms.